The number of esters is 1. The van der Waals surface area contributed by atoms with Crippen molar-refractivity contribution in [2.45, 2.75) is 135 Å². The van der Waals surface area contributed by atoms with Crippen molar-refractivity contribution in [1.29, 1.82) is 0 Å². The molecule has 1 saturated heterocycles. The van der Waals surface area contributed by atoms with Crippen LogP contribution in [0.4, 0.5) is 4.79 Å². The minimum Gasteiger partial charge on any atom is -0.465 e. The van der Waals surface area contributed by atoms with Crippen LogP contribution in [0.15, 0.2) is 0 Å². The lowest BCUT2D eigenvalue weighted by Crippen LogP contribution is -2.27. The molecule has 1 rings (SSSR count). The van der Waals surface area contributed by atoms with Crippen molar-refractivity contribution < 1.29 is 33.3 Å². The number of carbonyl (C=O) groups is 2. The van der Waals surface area contributed by atoms with Gasteiger partial charge in [0.15, 0.2) is 6.29 Å². The topological polar surface area (TPSA) is 83.5 Å². The Balaban J connectivity index is 2.21. The lowest BCUT2D eigenvalue weighted by Gasteiger charge is -2.19. The second-order valence-electron chi connectivity index (χ2n) is 11.3. The Bertz CT molecular complexity index is 600. The zero-order valence-corrected chi connectivity index (χ0v) is 26.0. The summed E-state index contributed by atoms with van der Waals surface area (Å²) in [5, 5.41) is 0. The quantitative estimate of drug-likeness (QED) is 0.0601. The van der Waals surface area contributed by atoms with Gasteiger partial charge >= 0.3 is 12.1 Å². The third kappa shape index (κ3) is 20.5. The largest absolute Gasteiger partial charge is 0.508 e. The Labute approximate surface area is 245 Å². The standard InChI is InChI=1S/C32H60NO7/c1-5-7-9-11-13-15-23-36-31(37-24-16-14-12-10-8-6-2)20-19-30(34)39-26-28(3)27-40-32(35)38-25-21-29-18-17-22-33(29)4/h28-29,31H,3,5-27H2,1-2,4H3. The van der Waals surface area contributed by atoms with E-state index in [9.17, 15) is 9.59 Å². The summed E-state index contributed by atoms with van der Waals surface area (Å²) < 4.78 is 27.6. The summed E-state index contributed by atoms with van der Waals surface area (Å²) in [6.07, 6.45) is 17.1. The molecule has 1 aliphatic rings. The zero-order chi connectivity index (χ0) is 29.3. The highest BCUT2D eigenvalue weighted by molar-refractivity contribution is 5.69. The van der Waals surface area contributed by atoms with Gasteiger partial charge in [-0.2, -0.15) is 0 Å². The molecule has 8 nitrogen and oxygen atoms in total. The van der Waals surface area contributed by atoms with E-state index in [1.54, 1.807) is 0 Å². The van der Waals surface area contributed by atoms with E-state index in [0.717, 1.165) is 45.1 Å². The molecule has 8 heteroatoms. The van der Waals surface area contributed by atoms with E-state index in [1.807, 2.05) is 0 Å². The minimum atomic E-state index is -0.700. The monoisotopic (exact) mass is 570 g/mol. The SMILES string of the molecule is [CH2]C(COC(=O)CCC(OCCCCCCCC)OCCCCCCCC)COC(=O)OCCC1CCCN1C. The highest BCUT2D eigenvalue weighted by Gasteiger charge is 2.21. The maximum Gasteiger partial charge on any atom is 0.508 e. The molecule has 0 aromatic heterocycles. The summed E-state index contributed by atoms with van der Waals surface area (Å²) in [6, 6.07) is 0.467. The predicted octanol–water partition coefficient (Wildman–Crippen LogP) is 7.48. The summed E-state index contributed by atoms with van der Waals surface area (Å²) in [5.74, 6) is -0.686. The van der Waals surface area contributed by atoms with E-state index in [1.165, 1.54) is 57.8 Å². The highest BCUT2D eigenvalue weighted by Crippen LogP contribution is 2.18. The molecule has 2 atom stereocenters. The zero-order valence-electron chi connectivity index (χ0n) is 26.0. The molecule has 0 spiro atoms. The van der Waals surface area contributed by atoms with E-state index in [2.05, 4.69) is 32.7 Å². The molecule has 235 valence electrons. The first-order valence-corrected chi connectivity index (χ1v) is 16.2. The van der Waals surface area contributed by atoms with Crippen LogP contribution in [0.1, 0.15) is 123 Å². The lowest BCUT2D eigenvalue weighted by molar-refractivity contribution is -0.160. The molecule has 1 fully saturated rings. The van der Waals surface area contributed by atoms with Crippen molar-refractivity contribution in [2.75, 3.05) is 46.6 Å². The van der Waals surface area contributed by atoms with Gasteiger partial charge < -0.3 is 28.6 Å². The van der Waals surface area contributed by atoms with Crippen LogP contribution in [0.25, 0.3) is 0 Å². The second kappa shape index (κ2) is 25.3. The Morgan fingerprint density at radius 1 is 0.800 bits per heavy atom. The number of hydrogen-bond acceptors (Lipinski definition) is 8. The summed E-state index contributed by atoms with van der Waals surface area (Å²) in [6.45, 7) is 11.2. The second-order valence-corrected chi connectivity index (χ2v) is 11.3. The van der Waals surface area contributed by atoms with Crippen molar-refractivity contribution in [3.05, 3.63) is 6.92 Å². The van der Waals surface area contributed by atoms with E-state index in [4.69, 9.17) is 23.7 Å². The number of rotatable bonds is 26. The van der Waals surface area contributed by atoms with Gasteiger partial charge in [-0.05, 0) is 52.6 Å². The van der Waals surface area contributed by atoms with Gasteiger partial charge in [0.1, 0.15) is 6.61 Å². The molecular formula is C32H60NO7. The van der Waals surface area contributed by atoms with Gasteiger partial charge in [0, 0.05) is 31.6 Å². The highest BCUT2D eigenvalue weighted by atomic mass is 16.7. The summed E-state index contributed by atoms with van der Waals surface area (Å²) in [7, 11) is 2.10. The first kappa shape index (κ1) is 36.6. The molecule has 1 heterocycles. The van der Waals surface area contributed by atoms with Crippen molar-refractivity contribution in [3.8, 4) is 0 Å². The van der Waals surface area contributed by atoms with Gasteiger partial charge in [-0.3, -0.25) is 4.79 Å². The maximum absolute atomic E-state index is 12.3. The van der Waals surface area contributed by atoms with E-state index in [0.29, 0.717) is 32.3 Å². The van der Waals surface area contributed by atoms with Crippen molar-refractivity contribution in [3.63, 3.8) is 0 Å². The van der Waals surface area contributed by atoms with Crippen LogP contribution in [0.5, 0.6) is 0 Å². The average molecular weight is 571 g/mol. The van der Waals surface area contributed by atoms with E-state index >= 15 is 0 Å². The summed E-state index contributed by atoms with van der Waals surface area (Å²) in [4.78, 5) is 26.5. The molecule has 0 saturated carbocycles. The number of nitrogens with zero attached hydrogens (tertiary/aromatic N) is 1. The van der Waals surface area contributed by atoms with E-state index < -0.39 is 12.4 Å². The van der Waals surface area contributed by atoms with Crippen LogP contribution >= 0.6 is 0 Å². The van der Waals surface area contributed by atoms with Crippen molar-refractivity contribution in [1.82, 2.24) is 4.90 Å². The Morgan fingerprint density at radius 3 is 1.95 bits per heavy atom. The van der Waals surface area contributed by atoms with Crippen LogP contribution in [-0.4, -0.2) is 76.0 Å². The molecule has 2 unspecified atom stereocenters. The third-order valence-electron chi connectivity index (χ3n) is 7.45. The predicted molar refractivity (Wildman–Crippen MR) is 159 cm³/mol. The number of carbonyl (C=O) groups excluding carboxylic acids is 2. The molecule has 0 aromatic rings. The van der Waals surface area contributed by atoms with Crippen molar-refractivity contribution >= 4 is 12.1 Å². The molecule has 0 N–H and O–H groups in total. The summed E-state index contributed by atoms with van der Waals surface area (Å²) >= 11 is 0. The smallest absolute Gasteiger partial charge is 0.465 e. The Hall–Kier alpha value is -1.38. The molecule has 0 aromatic carbocycles. The van der Waals surface area contributed by atoms with Gasteiger partial charge in [-0.25, -0.2) is 4.79 Å². The molecular weight excluding hydrogens is 510 g/mol. The van der Waals surface area contributed by atoms with Gasteiger partial charge in [-0.1, -0.05) is 78.1 Å². The van der Waals surface area contributed by atoms with Crippen LogP contribution in [0, 0.1) is 12.8 Å². The molecule has 1 aliphatic heterocycles. The molecule has 0 aliphatic carbocycles. The normalized spacial score (nSPS) is 16.4. The van der Waals surface area contributed by atoms with Crippen LogP contribution in [0.3, 0.4) is 0 Å². The average Bonchev–Trinajstić information content (AvgIpc) is 3.36. The molecule has 0 bridgehead atoms. The number of likely N-dealkylation sites (tertiary alicyclic amines) is 1. The van der Waals surface area contributed by atoms with Crippen LogP contribution in [-0.2, 0) is 28.5 Å². The minimum absolute atomic E-state index is 0.0425. The van der Waals surface area contributed by atoms with Crippen LogP contribution in [0.2, 0.25) is 0 Å². The fourth-order valence-electron chi connectivity index (χ4n) is 4.83. The number of hydrogen-bond donors (Lipinski definition) is 0. The first-order valence-electron chi connectivity index (χ1n) is 16.2. The Kier molecular flexibility index (Phi) is 23.2. The third-order valence-corrected chi connectivity index (χ3v) is 7.45. The van der Waals surface area contributed by atoms with Crippen LogP contribution < -0.4 is 0 Å². The fraction of sp³-hybridized carbons (Fsp3) is 0.906. The van der Waals surface area contributed by atoms with Gasteiger partial charge in [0.2, 0.25) is 0 Å². The van der Waals surface area contributed by atoms with Gasteiger partial charge in [-0.15, -0.1) is 0 Å². The van der Waals surface area contributed by atoms with Gasteiger partial charge in [0.05, 0.1) is 19.6 Å². The van der Waals surface area contributed by atoms with Gasteiger partial charge in [0.25, 0.3) is 0 Å². The molecule has 40 heavy (non-hydrogen) atoms. The first-order chi connectivity index (χ1) is 19.5. The fourth-order valence-corrected chi connectivity index (χ4v) is 4.83. The molecule has 1 radical (unpaired) electrons. The van der Waals surface area contributed by atoms with Crippen molar-refractivity contribution in [2.24, 2.45) is 5.92 Å². The number of unbranched alkanes of at least 4 members (excludes halogenated alkanes) is 10. The Morgan fingerprint density at radius 2 is 1.38 bits per heavy atom. The lowest BCUT2D eigenvalue weighted by atomic mass is 10.1. The number of ether oxygens (including phenoxy) is 5. The maximum atomic E-state index is 12.3. The molecule has 0 amide bonds. The van der Waals surface area contributed by atoms with E-state index in [-0.39, 0.29) is 31.5 Å². The summed E-state index contributed by atoms with van der Waals surface area (Å²) in [5.41, 5.74) is 0.